The van der Waals surface area contributed by atoms with Gasteiger partial charge in [-0.25, -0.2) is 9.78 Å². The molecule has 4 rings (SSSR count). The van der Waals surface area contributed by atoms with Crippen molar-refractivity contribution in [1.82, 2.24) is 40.1 Å². The summed E-state index contributed by atoms with van der Waals surface area (Å²) in [5, 5.41) is 14.9. The van der Waals surface area contributed by atoms with Crippen LogP contribution in [0.25, 0.3) is 0 Å². The third-order valence-corrected chi connectivity index (χ3v) is 5.86. The second-order valence-electron chi connectivity index (χ2n) is 8.20. The van der Waals surface area contributed by atoms with Gasteiger partial charge in [0, 0.05) is 32.1 Å². The van der Waals surface area contributed by atoms with Crippen molar-refractivity contribution < 1.29 is 4.79 Å². The largest absolute Gasteiger partial charge is 0.332 e. The Labute approximate surface area is 171 Å². The number of likely N-dealkylation sites (tertiary alicyclic amines) is 1. The Bertz CT molecular complexity index is 828. The van der Waals surface area contributed by atoms with E-state index in [-0.39, 0.29) is 11.9 Å². The van der Waals surface area contributed by atoms with E-state index in [4.69, 9.17) is 0 Å². The van der Waals surface area contributed by atoms with Crippen LogP contribution in [-0.2, 0) is 19.6 Å². The number of amides is 2. The zero-order chi connectivity index (χ0) is 20.2. The van der Waals surface area contributed by atoms with Gasteiger partial charge in [0.2, 0.25) is 0 Å². The molecule has 2 aliphatic rings. The van der Waals surface area contributed by atoms with Gasteiger partial charge in [-0.2, -0.15) is 10.2 Å². The SMILES string of the molecule is CCCCN1CCn2nc(CNC(=O)N3CCCC(c4n[nH]c(C)n4)C3)cc2C1. The lowest BCUT2D eigenvalue weighted by Gasteiger charge is -2.31. The number of carbonyl (C=O) groups is 1. The maximum atomic E-state index is 12.7. The number of fused-ring (bicyclic) bond motifs is 1. The fraction of sp³-hybridized carbons (Fsp3) is 0.700. The molecule has 9 heteroatoms. The summed E-state index contributed by atoms with van der Waals surface area (Å²) in [6, 6.07) is 2.10. The third kappa shape index (κ3) is 4.77. The number of aryl methyl sites for hydroxylation is 1. The van der Waals surface area contributed by atoms with Crippen molar-refractivity contribution in [1.29, 1.82) is 0 Å². The van der Waals surface area contributed by atoms with Crippen LogP contribution in [0.4, 0.5) is 4.79 Å². The zero-order valence-corrected chi connectivity index (χ0v) is 17.5. The Kier molecular flexibility index (Phi) is 6.13. The van der Waals surface area contributed by atoms with Crippen molar-refractivity contribution in [3.63, 3.8) is 0 Å². The van der Waals surface area contributed by atoms with Crippen molar-refractivity contribution in [2.24, 2.45) is 0 Å². The molecule has 158 valence electrons. The number of carbonyl (C=O) groups excluding carboxylic acids is 1. The van der Waals surface area contributed by atoms with E-state index in [2.05, 4.69) is 48.2 Å². The molecule has 2 N–H and O–H groups in total. The molecule has 0 bridgehead atoms. The van der Waals surface area contributed by atoms with Crippen LogP contribution >= 0.6 is 0 Å². The normalized spacial score (nSPS) is 19.9. The summed E-state index contributed by atoms with van der Waals surface area (Å²) in [4.78, 5) is 21.5. The van der Waals surface area contributed by atoms with Gasteiger partial charge in [0.25, 0.3) is 0 Å². The molecule has 1 unspecified atom stereocenters. The number of aromatic amines is 1. The van der Waals surface area contributed by atoms with E-state index in [1.807, 2.05) is 11.8 Å². The van der Waals surface area contributed by atoms with Crippen LogP contribution < -0.4 is 5.32 Å². The van der Waals surface area contributed by atoms with Crippen LogP contribution in [0, 0.1) is 6.92 Å². The number of nitrogens with zero attached hydrogens (tertiary/aromatic N) is 6. The summed E-state index contributed by atoms with van der Waals surface area (Å²) >= 11 is 0. The maximum absolute atomic E-state index is 12.7. The first-order valence-corrected chi connectivity index (χ1v) is 10.8. The summed E-state index contributed by atoms with van der Waals surface area (Å²) in [6.45, 7) is 10.1. The van der Waals surface area contributed by atoms with E-state index in [0.717, 1.165) is 62.9 Å². The molecule has 0 radical (unpaired) electrons. The summed E-state index contributed by atoms with van der Waals surface area (Å²) in [5.41, 5.74) is 2.18. The first-order valence-electron chi connectivity index (χ1n) is 10.8. The van der Waals surface area contributed by atoms with Gasteiger partial charge in [-0.15, -0.1) is 0 Å². The molecule has 0 saturated carbocycles. The fourth-order valence-electron chi connectivity index (χ4n) is 4.23. The molecule has 1 atom stereocenters. The van der Waals surface area contributed by atoms with Gasteiger partial charge >= 0.3 is 6.03 Å². The molecule has 2 aliphatic heterocycles. The lowest BCUT2D eigenvalue weighted by molar-refractivity contribution is 0.178. The van der Waals surface area contributed by atoms with Crippen LogP contribution in [0.1, 0.15) is 61.6 Å². The number of urea groups is 1. The number of hydrogen-bond acceptors (Lipinski definition) is 5. The van der Waals surface area contributed by atoms with Crippen molar-refractivity contribution in [2.45, 2.75) is 65.1 Å². The molecule has 0 spiro atoms. The average molecular weight is 401 g/mol. The zero-order valence-electron chi connectivity index (χ0n) is 17.5. The van der Waals surface area contributed by atoms with E-state index in [1.165, 1.54) is 18.5 Å². The smallest absolute Gasteiger partial charge is 0.317 e. The monoisotopic (exact) mass is 400 g/mol. The third-order valence-electron chi connectivity index (χ3n) is 5.86. The van der Waals surface area contributed by atoms with E-state index >= 15 is 0 Å². The van der Waals surface area contributed by atoms with Crippen LogP contribution in [0.5, 0.6) is 0 Å². The number of unbranched alkanes of at least 4 members (excludes halogenated alkanes) is 1. The number of piperidine rings is 1. The molecule has 4 heterocycles. The van der Waals surface area contributed by atoms with Gasteiger partial charge in [0.15, 0.2) is 5.82 Å². The summed E-state index contributed by atoms with van der Waals surface area (Å²) < 4.78 is 2.09. The number of hydrogen-bond donors (Lipinski definition) is 2. The highest BCUT2D eigenvalue weighted by Gasteiger charge is 2.27. The molecular formula is C20H32N8O. The van der Waals surface area contributed by atoms with Crippen molar-refractivity contribution >= 4 is 6.03 Å². The number of nitrogens with one attached hydrogen (secondary N) is 2. The topological polar surface area (TPSA) is 95.0 Å². The summed E-state index contributed by atoms with van der Waals surface area (Å²) in [7, 11) is 0. The van der Waals surface area contributed by atoms with E-state index in [0.29, 0.717) is 13.1 Å². The maximum Gasteiger partial charge on any atom is 0.317 e. The highest BCUT2D eigenvalue weighted by atomic mass is 16.2. The van der Waals surface area contributed by atoms with Crippen molar-refractivity contribution in [3.05, 3.63) is 29.1 Å². The molecule has 1 fully saturated rings. The molecule has 2 aromatic rings. The molecule has 1 saturated heterocycles. The second-order valence-corrected chi connectivity index (χ2v) is 8.20. The Morgan fingerprint density at radius 3 is 3.03 bits per heavy atom. The Morgan fingerprint density at radius 2 is 2.24 bits per heavy atom. The molecule has 9 nitrogen and oxygen atoms in total. The molecular weight excluding hydrogens is 368 g/mol. The fourth-order valence-corrected chi connectivity index (χ4v) is 4.23. The first kappa shape index (κ1) is 19.9. The molecule has 2 amide bonds. The minimum Gasteiger partial charge on any atom is -0.332 e. The standard InChI is InChI=1S/C20H32N8O/c1-3-4-7-26-9-10-28-18(14-26)11-17(25-28)12-21-20(29)27-8-5-6-16(13-27)19-22-15(2)23-24-19/h11,16H,3-10,12-14H2,1-2H3,(H,21,29)(H,22,23,24). The van der Waals surface area contributed by atoms with Crippen molar-refractivity contribution in [3.8, 4) is 0 Å². The van der Waals surface area contributed by atoms with Gasteiger partial charge in [-0.05, 0) is 38.8 Å². The molecule has 0 aliphatic carbocycles. The van der Waals surface area contributed by atoms with Crippen LogP contribution in [0.15, 0.2) is 6.07 Å². The van der Waals surface area contributed by atoms with Gasteiger partial charge < -0.3 is 10.2 Å². The van der Waals surface area contributed by atoms with Gasteiger partial charge in [0.05, 0.1) is 24.5 Å². The van der Waals surface area contributed by atoms with Gasteiger partial charge in [0.1, 0.15) is 5.82 Å². The number of H-pyrrole nitrogens is 1. The number of aromatic nitrogens is 5. The quantitative estimate of drug-likeness (QED) is 0.773. The predicted octanol–water partition coefficient (Wildman–Crippen LogP) is 2.01. The Balaban J connectivity index is 1.29. The predicted molar refractivity (Wildman–Crippen MR) is 109 cm³/mol. The highest BCUT2D eigenvalue weighted by molar-refractivity contribution is 5.74. The first-order chi connectivity index (χ1) is 14.1. The highest BCUT2D eigenvalue weighted by Crippen LogP contribution is 2.24. The van der Waals surface area contributed by atoms with E-state index in [1.54, 1.807) is 0 Å². The minimum absolute atomic E-state index is 0.0301. The lowest BCUT2D eigenvalue weighted by atomic mass is 9.98. The van der Waals surface area contributed by atoms with Crippen LogP contribution in [-0.4, -0.2) is 67.0 Å². The lowest BCUT2D eigenvalue weighted by Crippen LogP contribution is -2.44. The Hall–Kier alpha value is -2.42. The summed E-state index contributed by atoms with van der Waals surface area (Å²) in [5.74, 6) is 1.83. The van der Waals surface area contributed by atoms with Crippen molar-refractivity contribution in [2.75, 3.05) is 26.2 Å². The molecule has 0 aromatic carbocycles. The van der Waals surface area contributed by atoms with E-state index < -0.39 is 0 Å². The van der Waals surface area contributed by atoms with Gasteiger partial charge in [-0.1, -0.05) is 13.3 Å². The average Bonchev–Trinajstić information content (AvgIpc) is 3.36. The van der Waals surface area contributed by atoms with E-state index in [9.17, 15) is 4.79 Å². The molecule has 2 aromatic heterocycles. The van der Waals surface area contributed by atoms with Crippen LogP contribution in [0.3, 0.4) is 0 Å². The van der Waals surface area contributed by atoms with Crippen LogP contribution in [0.2, 0.25) is 0 Å². The number of rotatable bonds is 6. The minimum atomic E-state index is -0.0301. The Morgan fingerprint density at radius 1 is 1.34 bits per heavy atom. The summed E-state index contributed by atoms with van der Waals surface area (Å²) in [6.07, 6.45) is 4.45. The molecule has 29 heavy (non-hydrogen) atoms. The van der Waals surface area contributed by atoms with Gasteiger partial charge in [-0.3, -0.25) is 14.7 Å². The second kappa shape index (κ2) is 8.94.